The number of aromatic nitrogens is 1. The number of aryl methyl sites for hydroxylation is 1. The molecule has 34 heavy (non-hydrogen) atoms. The van der Waals surface area contributed by atoms with Gasteiger partial charge in [0.25, 0.3) is 5.91 Å². The Balaban J connectivity index is 1.44. The van der Waals surface area contributed by atoms with Crippen LogP contribution in [0.3, 0.4) is 0 Å². The molecule has 1 aromatic heterocycles. The third-order valence-electron chi connectivity index (χ3n) is 6.10. The number of benzene rings is 3. The number of morpholine rings is 1. The summed E-state index contributed by atoms with van der Waals surface area (Å²) in [4.78, 5) is 22.7. The molecule has 2 heterocycles. The summed E-state index contributed by atoms with van der Waals surface area (Å²) in [7, 11) is 0. The normalized spacial score (nSPS) is 14.4. The minimum atomic E-state index is -0.0457. The van der Waals surface area contributed by atoms with Gasteiger partial charge < -0.3 is 4.74 Å². The molecule has 0 aliphatic carbocycles. The molecule has 3 aromatic carbocycles. The van der Waals surface area contributed by atoms with Gasteiger partial charge in [0.1, 0.15) is 0 Å². The topological polar surface area (TPSA) is 45.7 Å². The highest BCUT2D eigenvalue weighted by atomic mass is 35.5. The lowest BCUT2D eigenvalue weighted by molar-refractivity contribution is 0.0391. The van der Waals surface area contributed by atoms with E-state index >= 15 is 0 Å². The summed E-state index contributed by atoms with van der Waals surface area (Å²) >= 11 is 7.79. The van der Waals surface area contributed by atoms with Crippen molar-refractivity contribution in [3.05, 3.63) is 82.9 Å². The standard InChI is InChI=1S/C27H26ClN3O2S/c1-19-17-23(28)18-24-25(19)29-27(34-24)31(12-11-30-13-15-33-16-14-30)26(32)22-9-7-21(8-10-22)20-5-3-2-4-6-20/h2-10,17-18H,11-16H2,1H3. The van der Waals surface area contributed by atoms with E-state index in [1.165, 1.54) is 11.3 Å². The van der Waals surface area contributed by atoms with Crippen LogP contribution >= 0.6 is 22.9 Å². The molecular formula is C27H26ClN3O2S. The largest absolute Gasteiger partial charge is 0.379 e. The zero-order valence-corrected chi connectivity index (χ0v) is 20.6. The van der Waals surface area contributed by atoms with Crippen molar-refractivity contribution in [1.82, 2.24) is 9.88 Å². The lowest BCUT2D eigenvalue weighted by atomic mass is 10.0. The minimum absolute atomic E-state index is 0.0457. The Bertz CT molecular complexity index is 1280. The van der Waals surface area contributed by atoms with Gasteiger partial charge in [-0.1, -0.05) is 65.4 Å². The van der Waals surface area contributed by atoms with Crippen LogP contribution in [0.4, 0.5) is 5.13 Å². The molecule has 5 nitrogen and oxygen atoms in total. The van der Waals surface area contributed by atoms with Gasteiger partial charge in [-0.25, -0.2) is 4.98 Å². The van der Waals surface area contributed by atoms with Crippen LogP contribution in [0.5, 0.6) is 0 Å². The summed E-state index contributed by atoms with van der Waals surface area (Å²) < 4.78 is 6.46. The third kappa shape index (κ3) is 5.00. The number of fused-ring (bicyclic) bond motifs is 1. The lowest BCUT2D eigenvalue weighted by Crippen LogP contribution is -2.43. The quantitative estimate of drug-likeness (QED) is 0.336. The second-order valence-electron chi connectivity index (χ2n) is 8.42. The average Bonchev–Trinajstić information content (AvgIpc) is 3.29. The van der Waals surface area contributed by atoms with Crippen LogP contribution in [0.1, 0.15) is 15.9 Å². The number of hydrogen-bond acceptors (Lipinski definition) is 5. The van der Waals surface area contributed by atoms with Crippen LogP contribution in [0, 0.1) is 6.92 Å². The monoisotopic (exact) mass is 491 g/mol. The van der Waals surface area contributed by atoms with E-state index in [1.54, 1.807) is 0 Å². The Morgan fingerprint density at radius 3 is 2.50 bits per heavy atom. The molecule has 0 unspecified atom stereocenters. The van der Waals surface area contributed by atoms with Crippen molar-refractivity contribution in [3.63, 3.8) is 0 Å². The molecule has 0 saturated carbocycles. The first-order valence-corrected chi connectivity index (χ1v) is 12.6. The first-order chi connectivity index (χ1) is 16.6. The molecule has 0 radical (unpaired) electrons. The van der Waals surface area contributed by atoms with Gasteiger partial charge in [-0.2, -0.15) is 0 Å². The van der Waals surface area contributed by atoms with E-state index in [-0.39, 0.29) is 5.91 Å². The van der Waals surface area contributed by atoms with Crippen LogP contribution in [0.25, 0.3) is 21.3 Å². The molecule has 1 amide bonds. The van der Waals surface area contributed by atoms with Gasteiger partial charge in [0.05, 0.1) is 23.4 Å². The Kier molecular flexibility index (Phi) is 6.92. The summed E-state index contributed by atoms with van der Waals surface area (Å²) in [6.07, 6.45) is 0. The second-order valence-corrected chi connectivity index (χ2v) is 9.87. The van der Waals surface area contributed by atoms with Crippen molar-refractivity contribution >= 4 is 44.2 Å². The van der Waals surface area contributed by atoms with Crippen molar-refractivity contribution in [2.75, 3.05) is 44.3 Å². The molecule has 7 heteroatoms. The third-order valence-corrected chi connectivity index (χ3v) is 7.34. The summed E-state index contributed by atoms with van der Waals surface area (Å²) in [5.41, 5.74) is 4.77. The highest BCUT2D eigenvalue weighted by Gasteiger charge is 2.23. The lowest BCUT2D eigenvalue weighted by Gasteiger charge is -2.29. The van der Waals surface area contributed by atoms with Crippen LogP contribution in [-0.2, 0) is 4.74 Å². The molecule has 0 N–H and O–H groups in total. The molecule has 0 spiro atoms. The van der Waals surface area contributed by atoms with Crippen molar-refractivity contribution in [1.29, 1.82) is 0 Å². The maximum absolute atomic E-state index is 13.7. The van der Waals surface area contributed by atoms with Gasteiger partial charge >= 0.3 is 0 Å². The molecular weight excluding hydrogens is 466 g/mol. The zero-order chi connectivity index (χ0) is 23.5. The van der Waals surface area contributed by atoms with Crippen molar-refractivity contribution < 1.29 is 9.53 Å². The highest BCUT2D eigenvalue weighted by Crippen LogP contribution is 2.34. The average molecular weight is 492 g/mol. The number of rotatable bonds is 6. The van der Waals surface area contributed by atoms with Crippen LogP contribution in [0.15, 0.2) is 66.7 Å². The maximum Gasteiger partial charge on any atom is 0.260 e. The van der Waals surface area contributed by atoms with Crippen molar-refractivity contribution in [3.8, 4) is 11.1 Å². The number of hydrogen-bond donors (Lipinski definition) is 0. The number of halogens is 1. The first-order valence-electron chi connectivity index (χ1n) is 11.4. The maximum atomic E-state index is 13.7. The van der Waals surface area contributed by atoms with E-state index < -0.39 is 0 Å². The molecule has 0 atom stereocenters. The number of carbonyl (C=O) groups excluding carboxylic acids is 1. The molecule has 1 saturated heterocycles. The van der Waals surface area contributed by atoms with E-state index in [9.17, 15) is 4.79 Å². The summed E-state index contributed by atoms with van der Waals surface area (Å²) in [6, 6.07) is 21.8. The number of ether oxygens (including phenoxy) is 1. The van der Waals surface area contributed by atoms with Gasteiger partial charge in [-0.05, 0) is 47.9 Å². The molecule has 1 aliphatic rings. The SMILES string of the molecule is Cc1cc(Cl)cc2sc(N(CCN3CCOCC3)C(=O)c3ccc(-c4ccccc4)cc3)nc12. The van der Waals surface area contributed by atoms with Crippen LogP contribution < -0.4 is 4.90 Å². The predicted molar refractivity (Wildman–Crippen MR) is 140 cm³/mol. The fourth-order valence-electron chi connectivity index (χ4n) is 4.20. The van der Waals surface area contributed by atoms with Gasteiger partial charge in [-0.15, -0.1) is 0 Å². The van der Waals surface area contributed by atoms with Gasteiger partial charge in [0.15, 0.2) is 5.13 Å². The Hall–Kier alpha value is -2.77. The second kappa shape index (κ2) is 10.2. The number of nitrogens with zero attached hydrogens (tertiary/aromatic N) is 3. The van der Waals surface area contributed by atoms with E-state index in [1.807, 2.05) is 66.4 Å². The van der Waals surface area contributed by atoms with Crippen molar-refractivity contribution in [2.24, 2.45) is 0 Å². The number of thiazole rings is 1. The number of carbonyl (C=O) groups is 1. The van der Waals surface area contributed by atoms with Gasteiger partial charge in [0, 0.05) is 36.8 Å². The molecule has 1 fully saturated rings. The Morgan fingerprint density at radius 2 is 1.76 bits per heavy atom. The van der Waals surface area contributed by atoms with Gasteiger partial charge in [0.2, 0.25) is 0 Å². The van der Waals surface area contributed by atoms with Gasteiger partial charge in [-0.3, -0.25) is 14.6 Å². The number of anilines is 1. The summed E-state index contributed by atoms with van der Waals surface area (Å²) in [5.74, 6) is -0.0457. The smallest absolute Gasteiger partial charge is 0.260 e. The fourth-order valence-corrected chi connectivity index (χ4v) is 5.64. The van der Waals surface area contributed by atoms with Crippen molar-refractivity contribution in [2.45, 2.75) is 6.92 Å². The first kappa shape index (κ1) is 23.0. The highest BCUT2D eigenvalue weighted by molar-refractivity contribution is 7.22. The predicted octanol–water partition coefficient (Wildman–Crippen LogP) is 5.90. The molecule has 5 rings (SSSR count). The fraction of sp³-hybridized carbons (Fsp3) is 0.259. The number of amides is 1. The molecule has 4 aromatic rings. The van der Waals surface area contributed by atoms with E-state index in [0.29, 0.717) is 22.3 Å². The molecule has 1 aliphatic heterocycles. The summed E-state index contributed by atoms with van der Waals surface area (Å²) in [6.45, 7) is 6.55. The van der Waals surface area contributed by atoms with E-state index in [2.05, 4.69) is 17.0 Å². The molecule has 174 valence electrons. The van der Waals surface area contributed by atoms with E-state index in [0.717, 1.165) is 59.8 Å². The van der Waals surface area contributed by atoms with E-state index in [4.69, 9.17) is 21.3 Å². The summed E-state index contributed by atoms with van der Waals surface area (Å²) in [5, 5.41) is 1.38. The Morgan fingerprint density at radius 1 is 1.06 bits per heavy atom. The van der Waals surface area contributed by atoms with Crippen LogP contribution in [0.2, 0.25) is 5.02 Å². The Labute approximate surface area is 208 Å². The minimum Gasteiger partial charge on any atom is -0.379 e. The van der Waals surface area contributed by atoms with Crippen LogP contribution in [-0.4, -0.2) is 55.2 Å². The molecule has 0 bridgehead atoms. The zero-order valence-electron chi connectivity index (χ0n) is 19.0.